The van der Waals surface area contributed by atoms with Gasteiger partial charge < -0.3 is 0 Å². The lowest BCUT2D eigenvalue weighted by Gasteiger charge is -2.16. The first-order valence-corrected chi connectivity index (χ1v) is 9.28. The van der Waals surface area contributed by atoms with Crippen LogP contribution in [0.4, 0.5) is 0 Å². The van der Waals surface area contributed by atoms with Gasteiger partial charge >= 0.3 is 10.8 Å². The summed E-state index contributed by atoms with van der Waals surface area (Å²) >= 11 is 0. The molecule has 0 aliphatic heterocycles. The van der Waals surface area contributed by atoms with Crippen molar-refractivity contribution in [1.29, 1.82) is 0 Å². The van der Waals surface area contributed by atoms with Gasteiger partial charge in [-0.25, -0.2) is 9.13 Å². The van der Waals surface area contributed by atoms with Crippen molar-refractivity contribution in [2.75, 3.05) is 0 Å². The van der Waals surface area contributed by atoms with E-state index in [2.05, 4.69) is 102 Å². The van der Waals surface area contributed by atoms with Crippen molar-refractivity contribution in [2.45, 2.75) is 25.9 Å². The number of aryl methyl sites for hydroxylation is 2. The summed E-state index contributed by atoms with van der Waals surface area (Å²) < 4.78 is 9.32. The third-order valence-electron chi connectivity index (χ3n) is 4.41. The fourth-order valence-electron chi connectivity index (χ4n) is 3.41. The van der Waals surface area contributed by atoms with Gasteiger partial charge in [0, 0.05) is 5.16 Å². The molecule has 0 spiro atoms. The molecule has 0 radical (unpaired) electrons. The van der Waals surface area contributed by atoms with Gasteiger partial charge in [-0.1, -0.05) is 32.9 Å². The zero-order valence-corrected chi connectivity index (χ0v) is 15.2. The standard InChI is InChI=1S/C18H23N4P/c1-18(2,3)23-16-19(4)10-12-21(16)14-8-6-7-9-15(14)22-13-11-20(5)17(22)23/h6-13H,1-5H3/q+2. The van der Waals surface area contributed by atoms with Crippen LogP contribution in [-0.2, 0) is 19.3 Å². The van der Waals surface area contributed by atoms with Crippen molar-refractivity contribution in [2.24, 2.45) is 14.1 Å². The second-order valence-electron chi connectivity index (χ2n) is 7.15. The van der Waals surface area contributed by atoms with Crippen molar-refractivity contribution in [3.05, 3.63) is 49.1 Å². The van der Waals surface area contributed by atoms with Crippen molar-refractivity contribution < 1.29 is 9.13 Å². The molecule has 3 heterocycles. The SMILES string of the molecule is C[n+]1ccn2c3ccccc3n3cc[n+](C)c3p(C(C)(C)C)c21. The van der Waals surface area contributed by atoms with Gasteiger partial charge in [-0.15, -0.1) is 0 Å². The van der Waals surface area contributed by atoms with E-state index in [1.54, 1.807) is 0 Å². The molecule has 1 aromatic carbocycles. The van der Waals surface area contributed by atoms with E-state index < -0.39 is 7.53 Å². The molecule has 0 aliphatic carbocycles. The average Bonchev–Trinajstić information content (AvgIpc) is 3.00. The van der Waals surface area contributed by atoms with E-state index in [0.717, 1.165) is 0 Å². The predicted octanol–water partition coefficient (Wildman–Crippen LogP) is 3.30. The fourth-order valence-corrected chi connectivity index (χ4v) is 6.33. The normalized spacial score (nSPS) is 12.6. The van der Waals surface area contributed by atoms with Gasteiger partial charge in [0.05, 0.1) is 21.6 Å². The molecule has 0 atom stereocenters. The Hall–Kier alpha value is -2.06. The largest absolute Gasteiger partial charge is 0.311 e. The van der Waals surface area contributed by atoms with Crippen LogP contribution >= 0.6 is 7.53 Å². The number of aromatic nitrogens is 4. The maximum absolute atomic E-state index is 2.37. The lowest BCUT2D eigenvalue weighted by Crippen LogP contribution is -2.29. The van der Waals surface area contributed by atoms with Crippen molar-refractivity contribution in [1.82, 2.24) is 8.80 Å². The molecular formula is C18H23N4P+2. The Morgan fingerprint density at radius 1 is 0.826 bits per heavy atom. The van der Waals surface area contributed by atoms with Gasteiger partial charge in [-0.2, -0.15) is 8.80 Å². The summed E-state index contributed by atoms with van der Waals surface area (Å²) in [4.78, 5) is 0. The van der Waals surface area contributed by atoms with Crippen LogP contribution in [-0.4, -0.2) is 8.80 Å². The third kappa shape index (κ3) is 1.98. The monoisotopic (exact) mass is 326 g/mol. The lowest BCUT2D eigenvalue weighted by atomic mass is 10.3. The Labute approximate surface area is 136 Å². The van der Waals surface area contributed by atoms with Gasteiger partial charge in [-0.05, 0) is 12.1 Å². The first kappa shape index (κ1) is 14.5. The number of fused-ring (bicyclic) bond motifs is 5. The maximum Gasteiger partial charge on any atom is 0.311 e. The molecule has 5 heteroatoms. The molecule has 118 valence electrons. The number of hydrogen-bond acceptors (Lipinski definition) is 0. The molecule has 3 aromatic heterocycles. The fraction of sp³-hybridized carbons (Fsp3) is 0.333. The summed E-state index contributed by atoms with van der Waals surface area (Å²) in [6, 6.07) is 8.67. The number of imidazole rings is 2. The molecule has 0 saturated heterocycles. The molecule has 0 amide bonds. The van der Waals surface area contributed by atoms with Crippen LogP contribution in [0.2, 0.25) is 0 Å². The summed E-state index contributed by atoms with van der Waals surface area (Å²) in [5.41, 5.74) is 2.49. The Morgan fingerprint density at radius 3 is 1.65 bits per heavy atom. The minimum atomic E-state index is -0.533. The first-order chi connectivity index (χ1) is 10.9. The second kappa shape index (κ2) is 4.72. The van der Waals surface area contributed by atoms with E-state index in [0.29, 0.717) is 0 Å². The number of benzene rings is 1. The minimum Gasteiger partial charge on any atom is -0.229 e. The molecule has 4 aromatic rings. The smallest absolute Gasteiger partial charge is 0.229 e. The summed E-state index contributed by atoms with van der Waals surface area (Å²) in [6.45, 7) is 7.05. The first-order valence-electron chi connectivity index (χ1n) is 7.93. The molecule has 0 fully saturated rings. The zero-order chi connectivity index (χ0) is 16.4. The van der Waals surface area contributed by atoms with Gasteiger partial charge in [0.15, 0.2) is 11.0 Å². The van der Waals surface area contributed by atoms with Gasteiger partial charge in [0.1, 0.15) is 24.8 Å². The van der Waals surface area contributed by atoms with Gasteiger partial charge in [-0.3, -0.25) is 0 Å². The quantitative estimate of drug-likeness (QED) is 0.441. The van der Waals surface area contributed by atoms with E-state index in [-0.39, 0.29) is 5.16 Å². The zero-order valence-electron chi connectivity index (χ0n) is 14.4. The summed E-state index contributed by atoms with van der Waals surface area (Å²) in [5, 5.41) is 2.93. The van der Waals surface area contributed by atoms with Crippen LogP contribution in [0.1, 0.15) is 20.8 Å². The second-order valence-corrected chi connectivity index (χ2v) is 9.97. The summed E-state index contributed by atoms with van der Waals surface area (Å²) in [5.74, 6) is 0. The van der Waals surface area contributed by atoms with E-state index in [9.17, 15) is 0 Å². The average molecular weight is 326 g/mol. The molecule has 0 N–H and O–H groups in total. The van der Waals surface area contributed by atoms with E-state index in [1.807, 2.05) is 0 Å². The maximum atomic E-state index is 2.37. The van der Waals surface area contributed by atoms with Crippen LogP contribution in [0.15, 0.2) is 49.1 Å². The number of hydrogen-bond donors (Lipinski definition) is 0. The lowest BCUT2D eigenvalue weighted by molar-refractivity contribution is -0.644. The Balaban J connectivity index is 2.50. The molecule has 0 unspecified atom stereocenters. The number of para-hydroxylation sites is 2. The minimum absolute atomic E-state index is 0.166. The summed E-state index contributed by atoms with van der Waals surface area (Å²) in [7, 11) is 3.79. The molecule has 0 saturated carbocycles. The molecule has 4 nitrogen and oxygen atoms in total. The van der Waals surface area contributed by atoms with E-state index in [4.69, 9.17) is 0 Å². The van der Waals surface area contributed by atoms with Crippen LogP contribution in [0.5, 0.6) is 0 Å². The molecule has 23 heavy (non-hydrogen) atoms. The molecule has 4 rings (SSSR count). The van der Waals surface area contributed by atoms with Crippen LogP contribution in [0.3, 0.4) is 0 Å². The van der Waals surface area contributed by atoms with Crippen molar-refractivity contribution in [3.8, 4) is 0 Å². The number of rotatable bonds is 0. The molecule has 0 bridgehead atoms. The van der Waals surface area contributed by atoms with Crippen molar-refractivity contribution in [3.63, 3.8) is 0 Å². The highest BCUT2D eigenvalue weighted by molar-refractivity contribution is 7.59. The van der Waals surface area contributed by atoms with Crippen LogP contribution < -0.4 is 9.13 Å². The van der Waals surface area contributed by atoms with Crippen LogP contribution in [0, 0.1) is 0 Å². The molecule has 0 aliphatic rings. The van der Waals surface area contributed by atoms with Crippen LogP contribution in [0.25, 0.3) is 21.8 Å². The Kier molecular flexibility index (Phi) is 2.98. The Bertz CT molecular complexity index is 995. The third-order valence-corrected chi connectivity index (χ3v) is 7.62. The van der Waals surface area contributed by atoms with E-state index in [1.165, 1.54) is 21.8 Å². The van der Waals surface area contributed by atoms with Gasteiger partial charge in [0.25, 0.3) is 0 Å². The van der Waals surface area contributed by atoms with Gasteiger partial charge in [0.2, 0.25) is 0 Å². The summed E-state index contributed by atoms with van der Waals surface area (Å²) in [6.07, 6.45) is 8.74. The topological polar surface area (TPSA) is 16.6 Å². The number of nitrogens with zero attached hydrogens (tertiary/aromatic N) is 4. The highest BCUT2D eigenvalue weighted by Gasteiger charge is 2.32. The van der Waals surface area contributed by atoms with E-state index >= 15 is 0 Å². The van der Waals surface area contributed by atoms with Crippen molar-refractivity contribution >= 4 is 29.3 Å². The molecular weight excluding hydrogens is 303 g/mol. The highest BCUT2D eigenvalue weighted by Crippen LogP contribution is 2.49. The predicted molar refractivity (Wildman–Crippen MR) is 94.7 cm³/mol. The highest BCUT2D eigenvalue weighted by atomic mass is 31.1. The Morgan fingerprint density at radius 2 is 1.26 bits per heavy atom.